The molecule has 0 saturated carbocycles. The first-order valence-electron chi connectivity index (χ1n) is 6.08. The van der Waals surface area contributed by atoms with Crippen LogP contribution in [0, 0.1) is 5.82 Å². The van der Waals surface area contributed by atoms with Crippen LogP contribution < -0.4 is 10.5 Å². The summed E-state index contributed by atoms with van der Waals surface area (Å²) in [5.74, 6) is 1.35. The van der Waals surface area contributed by atoms with Gasteiger partial charge in [-0.1, -0.05) is 12.1 Å². The molecule has 0 atom stereocenters. The largest absolute Gasteiger partial charge is 0.494 e. The maximum absolute atomic E-state index is 13.1. The van der Waals surface area contributed by atoms with E-state index in [-0.39, 0.29) is 5.82 Å². The van der Waals surface area contributed by atoms with Crippen molar-refractivity contribution in [3.63, 3.8) is 0 Å². The topological polar surface area (TPSA) is 35.2 Å². The highest BCUT2D eigenvalue weighted by molar-refractivity contribution is 7.98. The van der Waals surface area contributed by atoms with Gasteiger partial charge in [0.05, 0.1) is 6.61 Å². The van der Waals surface area contributed by atoms with E-state index < -0.39 is 0 Å². The molecule has 0 fully saturated rings. The van der Waals surface area contributed by atoms with Crippen molar-refractivity contribution in [1.82, 2.24) is 0 Å². The van der Waals surface area contributed by atoms with Crippen LogP contribution in [0.25, 0.3) is 0 Å². The highest BCUT2D eigenvalue weighted by atomic mass is 32.2. The van der Waals surface area contributed by atoms with Gasteiger partial charge in [-0.15, -0.1) is 11.8 Å². The minimum Gasteiger partial charge on any atom is -0.494 e. The molecule has 2 nitrogen and oxygen atoms in total. The summed E-state index contributed by atoms with van der Waals surface area (Å²) in [6, 6.07) is 12.3. The van der Waals surface area contributed by atoms with Gasteiger partial charge < -0.3 is 10.5 Å². The maximum Gasteiger partial charge on any atom is 0.124 e. The molecule has 0 aliphatic carbocycles. The summed E-state index contributed by atoms with van der Waals surface area (Å²) in [7, 11) is 0. The van der Waals surface area contributed by atoms with E-state index in [2.05, 4.69) is 0 Å². The minimum atomic E-state index is -0.261. The van der Waals surface area contributed by atoms with Gasteiger partial charge in [0.15, 0.2) is 0 Å². The summed E-state index contributed by atoms with van der Waals surface area (Å²) in [6.45, 7) is 2.62. The summed E-state index contributed by atoms with van der Waals surface area (Å²) in [4.78, 5) is 0.772. The monoisotopic (exact) mass is 277 g/mol. The molecule has 0 amide bonds. The Kier molecular flexibility index (Phi) is 4.68. The molecule has 2 aromatic rings. The summed E-state index contributed by atoms with van der Waals surface area (Å²) in [6.07, 6.45) is 0. The number of halogens is 1. The lowest BCUT2D eigenvalue weighted by Gasteiger charge is -2.07. The number of ether oxygens (including phenoxy) is 1. The molecule has 0 unspecified atom stereocenters. The zero-order valence-electron chi connectivity index (χ0n) is 10.7. The molecule has 100 valence electrons. The van der Waals surface area contributed by atoms with Crippen molar-refractivity contribution in [2.24, 2.45) is 0 Å². The highest BCUT2D eigenvalue weighted by Crippen LogP contribution is 2.29. The molecule has 0 heterocycles. The van der Waals surface area contributed by atoms with E-state index in [1.807, 2.05) is 31.2 Å². The third kappa shape index (κ3) is 3.89. The van der Waals surface area contributed by atoms with Gasteiger partial charge in [-0.05, 0) is 42.8 Å². The zero-order valence-corrected chi connectivity index (χ0v) is 11.5. The molecular formula is C15H16FNOS. The molecule has 0 aromatic heterocycles. The van der Waals surface area contributed by atoms with Gasteiger partial charge in [0.25, 0.3) is 0 Å². The lowest BCUT2D eigenvalue weighted by atomic mass is 10.2. The normalized spacial score (nSPS) is 10.4. The smallest absolute Gasteiger partial charge is 0.124 e. The molecule has 0 bridgehead atoms. The number of nitrogen functional groups attached to an aromatic ring is 1. The molecule has 0 aliphatic rings. The standard InChI is InChI=1S/C15H16FNOS/c1-2-18-13-6-3-11(4-7-13)10-19-15-9-12(16)5-8-14(15)17/h3-9H,2,10,17H2,1H3. The van der Waals surface area contributed by atoms with Gasteiger partial charge in [-0.2, -0.15) is 0 Å². The molecule has 0 spiro atoms. The Bertz CT molecular complexity index is 542. The Balaban J connectivity index is 2.00. The average Bonchev–Trinajstić information content (AvgIpc) is 2.42. The molecule has 0 saturated heterocycles. The quantitative estimate of drug-likeness (QED) is 0.660. The van der Waals surface area contributed by atoms with Crippen LogP contribution in [-0.2, 0) is 5.75 Å². The molecule has 2 rings (SSSR count). The molecule has 2 N–H and O–H groups in total. The number of thioether (sulfide) groups is 1. The fourth-order valence-electron chi connectivity index (χ4n) is 1.64. The van der Waals surface area contributed by atoms with E-state index in [1.54, 1.807) is 6.07 Å². The Labute approximate surface area is 116 Å². The third-order valence-electron chi connectivity index (χ3n) is 2.60. The van der Waals surface area contributed by atoms with Crippen LogP contribution in [0.4, 0.5) is 10.1 Å². The molecule has 0 radical (unpaired) electrons. The second-order valence-corrected chi connectivity index (χ2v) is 5.06. The zero-order chi connectivity index (χ0) is 13.7. The van der Waals surface area contributed by atoms with Crippen LogP contribution >= 0.6 is 11.8 Å². The van der Waals surface area contributed by atoms with Crippen LogP contribution in [0.1, 0.15) is 12.5 Å². The van der Waals surface area contributed by atoms with Gasteiger partial charge in [-0.3, -0.25) is 0 Å². The minimum absolute atomic E-state index is 0.261. The van der Waals surface area contributed by atoms with Crippen LogP contribution in [0.5, 0.6) is 5.75 Å². The van der Waals surface area contributed by atoms with Crippen LogP contribution in [0.3, 0.4) is 0 Å². The lowest BCUT2D eigenvalue weighted by molar-refractivity contribution is 0.340. The first-order chi connectivity index (χ1) is 9.19. The first-order valence-corrected chi connectivity index (χ1v) is 7.07. The van der Waals surface area contributed by atoms with E-state index in [9.17, 15) is 4.39 Å². The van der Waals surface area contributed by atoms with Crippen LogP contribution in [0.2, 0.25) is 0 Å². The van der Waals surface area contributed by atoms with Crippen LogP contribution in [0.15, 0.2) is 47.4 Å². The predicted octanol–water partition coefficient (Wildman–Crippen LogP) is 4.10. The number of rotatable bonds is 5. The van der Waals surface area contributed by atoms with Crippen molar-refractivity contribution in [1.29, 1.82) is 0 Å². The molecule has 4 heteroatoms. The molecule has 19 heavy (non-hydrogen) atoms. The van der Waals surface area contributed by atoms with Crippen molar-refractivity contribution in [2.75, 3.05) is 12.3 Å². The Morgan fingerprint density at radius 2 is 1.89 bits per heavy atom. The number of hydrogen-bond donors (Lipinski definition) is 1. The molecule has 2 aromatic carbocycles. The Morgan fingerprint density at radius 1 is 1.16 bits per heavy atom. The second kappa shape index (κ2) is 6.48. The van der Waals surface area contributed by atoms with Crippen molar-refractivity contribution in [2.45, 2.75) is 17.6 Å². The van der Waals surface area contributed by atoms with E-state index in [4.69, 9.17) is 10.5 Å². The molecular weight excluding hydrogens is 261 g/mol. The second-order valence-electron chi connectivity index (χ2n) is 4.05. The SMILES string of the molecule is CCOc1ccc(CSc2cc(F)ccc2N)cc1. The number of anilines is 1. The van der Waals surface area contributed by atoms with Crippen molar-refractivity contribution >= 4 is 17.4 Å². The Hall–Kier alpha value is -1.68. The summed E-state index contributed by atoms with van der Waals surface area (Å²) in [5, 5.41) is 0. The van der Waals surface area contributed by atoms with E-state index in [1.165, 1.54) is 23.9 Å². The van der Waals surface area contributed by atoms with E-state index in [0.29, 0.717) is 12.3 Å². The first kappa shape index (κ1) is 13.7. The Morgan fingerprint density at radius 3 is 2.58 bits per heavy atom. The fraction of sp³-hybridized carbons (Fsp3) is 0.200. The predicted molar refractivity (Wildman–Crippen MR) is 78.0 cm³/mol. The summed E-state index contributed by atoms with van der Waals surface area (Å²) < 4.78 is 18.5. The third-order valence-corrected chi connectivity index (χ3v) is 3.75. The van der Waals surface area contributed by atoms with Crippen molar-refractivity contribution in [3.8, 4) is 5.75 Å². The lowest BCUT2D eigenvalue weighted by Crippen LogP contribution is -1.92. The number of nitrogens with two attached hydrogens (primary N) is 1. The number of hydrogen-bond acceptors (Lipinski definition) is 3. The number of benzene rings is 2. The highest BCUT2D eigenvalue weighted by Gasteiger charge is 2.03. The average molecular weight is 277 g/mol. The van der Waals surface area contributed by atoms with E-state index >= 15 is 0 Å². The van der Waals surface area contributed by atoms with Gasteiger partial charge in [0, 0.05) is 16.3 Å². The van der Waals surface area contributed by atoms with Gasteiger partial charge in [0.2, 0.25) is 0 Å². The van der Waals surface area contributed by atoms with Crippen molar-refractivity contribution in [3.05, 3.63) is 53.8 Å². The summed E-state index contributed by atoms with van der Waals surface area (Å²) in [5.41, 5.74) is 7.57. The van der Waals surface area contributed by atoms with Gasteiger partial charge in [-0.25, -0.2) is 4.39 Å². The summed E-state index contributed by atoms with van der Waals surface area (Å²) >= 11 is 1.53. The van der Waals surface area contributed by atoms with Gasteiger partial charge >= 0.3 is 0 Å². The van der Waals surface area contributed by atoms with Crippen LogP contribution in [-0.4, -0.2) is 6.61 Å². The van der Waals surface area contributed by atoms with E-state index in [0.717, 1.165) is 22.0 Å². The van der Waals surface area contributed by atoms with Gasteiger partial charge in [0.1, 0.15) is 11.6 Å². The fourth-order valence-corrected chi connectivity index (χ4v) is 2.59. The molecule has 0 aliphatic heterocycles. The maximum atomic E-state index is 13.1. The van der Waals surface area contributed by atoms with Crippen molar-refractivity contribution < 1.29 is 9.13 Å².